The molecule has 17 heteroatoms. The Balaban J connectivity index is 1.56. The average molecular weight is 816 g/mol. The first-order chi connectivity index (χ1) is 28.1. The molecule has 5 atom stereocenters. The molecule has 3 rings (SSSR count). The first-order valence-corrected chi connectivity index (χ1v) is 19.4. The molecule has 5 unspecified atom stereocenters. The number of aliphatic imine (C=N–C) groups is 1. The molecule has 59 heavy (non-hydrogen) atoms. The van der Waals surface area contributed by atoms with Gasteiger partial charge in [-0.15, -0.1) is 0 Å². The highest BCUT2D eigenvalue weighted by Crippen LogP contribution is 2.15. The third kappa shape index (κ3) is 17.7. The van der Waals surface area contributed by atoms with Gasteiger partial charge in [-0.3, -0.25) is 29.0 Å². The minimum atomic E-state index is -1.27. The number of rotatable bonds is 24. The van der Waals surface area contributed by atoms with Crippen molar-refractivity contribution in [3.63, 3.8) is 0 Å². The minimum absolute atomic E-state index is 0.0362. The van der Waals surface area contributed by atoms with Gasteiger partial charge in [0.05, 0.1) is 12.6 Å². The number of aliphatic carboxylic acids is 1. The highest BCUT2D eigenvalue weighted by atomic mass is 16.5. The Kier molecular flexibility index (Phi) is 19.3. The van der Waals surface area contributed by atoms with Crippen LogP contribution in [0.5, 0.6) is 5.75 Å². The maximum atomic E-state index is 13.7. The second-order valence-electron chi connectivity index (χ2n) is 14.5. The summed E-state index contributed by atoms with van der Waals surface area (Å²) in [6, 6.07) is 20.2. The molecular weight excluding hydrogens is 759 g/mol. The fourth-order valence-corrected chi connectivity index (χ4v) is 5.83. The molecule has 0 aliphatic rings. The second kappa shape index (κ2) is 24.3. The fraction of sp³-hybridized carbons (Fsp3) is 0.405. The Bertz CT molecular complexity index is 1860. The molecule has 0 aromatic heterocycles. The Morgan fingerprint density at radius 2 is 1.25 bits per heavy atom. The summed E-state index contributed by atoms with van der Waals surface area (Å²) in [5, 5.41) is 22.6. The number of hydrogen-bond donors (Lipinski definition) is 9. The van der Waals surface area contributed by atoms with Gasteiger partial charge in [0.2, 0.25) is 29.5 Å². The number of amides is 5. The normalized spacial score (nSPS) is 13.4. The molecule has 318 valence electrons. The van der Waals surface area contributed by atoms with E-state index in [2.05, 4.69) is 31.6 Å². The first-order valence-electron chi connectivity index (χ1n) is 19.4. The van der Waals surface area contributed by atoms with Crippen molar-refractivity contribution in [3.05, 3.63) is 102 Å². The van der Waals surface area contributed by atoms with Crippen LogP contribution < -0.4 is 48.5 Å². The van der Waals surface area contributed by atoms with Crippen LogP contribution in [0.1, 0.15) is 56.7 Å². The summed E-state index contributed by atoms with van der Waals surface area (Å²) < 4.78 is 5.81. The van der Waals surface area contributed by atoms with Gasteiger partial charge >= 0.3 is 5.97 Å². The zero-order valence-electron chi connectivity index (χ0n) is 33.7. The van der Waals surface area contributed by atoms with Gasteiger partial charge in [0.15, 0.2) is 5.96 Å². The lowest BCUT2D eigenvalue weighted by Gasteiger charge is -2.26. The standard InChI is InChI=1S/C42H57N9O8/c1-26(2)21-34(39(55)50-33(41(57)58)15-10-20-46-42(44)45)51-40(56)35(23-28-11-6-4-7-12-28)49-36(52)24-47-37(53)27(3)48-38(54)32(43)22-29-16-18-31(19-17-29)59-25-30-13-8-5-9-14-30/h4-9,11-14,16-19,26-27,32-35H,10,15,20-25,43H2,1-3H3,(H,47,53)(H,48,54)(H,49,52)(H,50,55)(H,51,56)(H,57,58)(H4,44,45,46). The van der Waals surface area contributed by atoms with Gasteiger partial charge in [-0.05, 0) is 67.3 Å². The molecule has 0 bridgehead atoms. The third-order valence-corrected chi connectivity index (χ3v) is 8.97. The molecular formula is C42H57N9O8. The van der Waals surface area contributed by atoms with E-state index in [4.69, 9.17) is 21.9 Å². The lowest BCUT2D eigenvalue weighted by Crippen LogP contribution is -2.57. The third-order valence-electron chi connectivity index (χ3n) is 8.97. The molecule has 0 saturated carbocycles. The van der Waals surface area contributed by atoms with E-state index in [-0.39, 0.29) is 50.5 Å². The highest BCUT2D eigenvalue weighted by Gasteiger charge is 2.30. The van der Waals surface area contributed by atoms with Gasteiger partial charge in [0, 0.05) is 13.0 Å². The van der Waals surface area contributed by atoms with E-state index in [1.807, 2.05) is 56.3 Å². The first kappa shape index (κ1) is 46.9. The highest BCUT2D eigenvalue weighted by molar-refractivity contribution is 5.95. The van der Waals surface area contributed by atoms with Crippen LogP contribution in [0.4, 0.5) is 0 Å². The van der Waals surface area contributed by atoms with Crippen LogP contribution in [-0.4, -0.2) is 89.9 Å². The number of nitrogens with zero attached hydrogens (tertiary/aromatic N) is 1. The van der Waals surface area contributed by atoms with Crippen LogP contribution in [-0.2, 0) is 48.2 Å². The molecule has 3 aromatic rings. The maximum Gasteiger partial charge on any atom is 0.326 e. The van der Waals surface area contributed by atoms with Gasteiger partial charge in [0.1, 0.15) is 36.5 Å². The molecule has 0 heterocycles. The number of carbonyl (C=O) groups excluding carboxylic acids is 5. The number of nitrogens with two attached hydrogens (primary N) is 3. The summed E-state index contributed by atoms with van der Waals surface area (Å²) in [5.74, 6) is -4.17. The van der Waals surface area contributed by atoms with Crippen molar-refractivity contribution in [1.82, 2.24) is 26.6 Å². The molecule has 5 amide bonds. The molecule has 0 spiro atoms. The van der Waals surface area contributed by atoms with Crippen LogP contribution in [0, 0.1) is 5.92 Å². The monoisotopic (exact) mass is 815 g/mol. The van der Waals surface area contributed by atoms with Crippen LogP contribution >= 0.6 is 0 Å². The van der Waals surface area contributed by atoms with E-state index < -0.39 is 72.3 Å². The summed E-state index contributed by atoms with van der Waals surface area (Å²) in [4.78, 5) is 81.8. The number of carboxylic acids is 1. The number of nitrogens with one attached hydrogen (secondary N) is 5. The number of benzene rings is 3. The Labute approximate surface area is 344 Å². The number of carbonyl (C=O) groups is 6. The van der Waals surface area contributed by atoms with Crippen molar-refractivity contribution in [2.24, 2.45) is 28.1 Å². The van der Waals surface area contributed by atoms with E-state index in [9.17, 15) is 33.9 Å². The van der Waals surface area contributed by atoms with E-state index in [0.29, 0.717) is 17.9 Å². The van der Waals surface area contributed by atoms with Gasteiger partial charge in [-0.2, -0.15) is 0 Å². The van der Waals surface area contributed by atoms with Gasteiger partial charge in [0.25, 0.3) is 0 Å². The summed E-state index contributed by atoms with van der Waals surface area (Å²) in [7, 11) is 0. The van der Waals surface area contributed by atoms with Crippen molar-refractivity contribution in [1.29, 1.82) is 0 Å². The van der Waals surface area contributed by atoms with E-state index in [1.54, 1.807) is 42.5 Å². The van der Waals surface area contributed by atoms with Crippen molar-refractivity contribution in [2.75, 3.05) is 13.1 Å². The Hall–Kier alpha value is -6.49. The van der Waals surface area contributed by atoms with Crippen molar-refractivity contribution in [3.8, 4) is 5.75 Å². The smallest absolute Gasteiger partial charge is 0.326 e. The predicted molar refractivity (Wildman–Crippen MR) is 222 cm³/mol. The quantitative estimate of drug-likeness (QED) is 0.0344. The van der Waals surface area contributed by atoms with Gasteiger partial charge in [-0.1, -0.05) is 86.6 Å². The van der Waals surface area contributed by atoms with Crippen LogP contribution in [0.2, 0.25) is 0 Å². The molecule has 12 N–H and O–H groups in total. The molecule has 0 aliphatic heterocycles. The minimum Gasteiger partial charge on any atom is -0.489 e. The van der Waals surface area contributed by atoms with E-state index in [0.717, 1.165) is 11.1 Å². The zero-order valence-corrected chi connectivity index (χ0v) is 33.7. The van der Waals surface area contributed by atoms with Gasteiger partial charge in [-0.25, -0.2) is 4.79 Å². The zero-order chi connectivity index (χ0) is 43.3. The number of ether oxygens (including phenoxy) is 1. The molecule has 0 fully saturated rings. The van der Waals surface area contributed by atoms with Crippen molar-refractivity contribution in [2.45, 2.75) is 89.7 Å². The van der Waals surface area contributed by atoms with Crippen LogP contribution in [0.25, 0.3) is 0 Å². The van der Waals surface area contributed by atoms with Crippen LogP contribution in [0.3, 0.4) is 0 Å². The van der Waals surface area contributed by atoms with E-state index in [1.165, 1.54) is 6.92 Å². The summed E-state index contributed by atoms with van der Waals surface area (Å²) in [6.45, 7) is 5.17. The topological polar surface area (TPSA) is 282 Å². The van der Waals surface area contributed by atoms with Crippen molar-refractivity contribution < 1.29 is 38.6 Å². The number of hydrogen-bond acceptors (Lipinski definition) is 9. The summed E-state index contributed by atoms with van der Waals surface area (Å²) in [5.41, 5.74) is 19.3. The maximum absolute atomic E-state index is 13.7. The lowest BCUT2D eigenvalue weighted by atomic mass is 10.0. The predicted octanol–water partition coefficient (Wildman–Crippen LogP) is 0.638. The second-order valence-corrected chi connectivity index (χ2v) is 14.5. The molecule has 3 aromatic carbocycles. The number of guanidine groups is 1. The lowest BCUT2D eigenvalue weighted by molar-refractivity contribution is -0.142. The van der Waals surface area contributed by atoms with Gasteiger partial charge < -0.3 is 53.6 Å². The average Bonchev–Trinajstić information content (AvgIpc) is 3.20. The van der Waals surface area contributed by atoms with Crippen LogP contribution in [0.15, 0.2) is 89.9 Å². The van der Waals surface area contributed by atoms with Crippen molar-refractivity contribution >= 4 is 41.5 Å². The number of carboxylic acid groups (broad SMARTS) is 1. The largest absolute Gasteiger partial charge is 0.489 e. The molecule has 0 aliphatic carbocycles. The Morgan fingerprint density at radius 1 is 0.678 bits per heavy atom. The summed E-state index contributed by atoms with van der Waals surface area (Å²) >= 11 is 0. The SMILES string of the molecule is CC(C)CC(NC(=O)C(Cc1ccccc1)NC(=O)CNC(=O)C(C)NC(=O)C(N)Cc1ccc(OCc2ccccc2)cc1)C(=O)NC(CCCN=C(N)N)C(=O)O. The fourth-order valence-electron chi connectivity index (χ4n) is 5.83. The summed E-state index contributed by atoms with van der Waals surface area (Å²) in [6.07, 6.45) is 0.725. The van der Waals surface area contributed by atoms with E-state index >= 15 is 0 Å². The molecule has 0 saturated heterocycles. The molecule has 0 radical (unpaired) electrons. The molecule has 17 nitrogen and oxygen atoms in total. The Morgan fingerprint density at radius 3 is 1.85 bits per heavy atom.